The van der Waals surface area contributed by atoms with Crippen LogP contribution >= 0.6 is 0 Å². The number of H-pyrrole nitrogens is 1. The Balaban J connectivity index is 1.69. The number of aliphatic hydroxyl groups excluding tert-OH is 1. The van der Waals surface area contributed by atoms with Crippen LogP contribution in [0.2, 0.25) is 0 Å². The lowest BCUT2D eigenvalue weighted by Gasteiger charge is -2.28. The topological polar surface area (TPSA) is 120 Å². The highest BCUT2D eigenvalue weighted by molar-refractivity contribution is 7.89. The van der Waals surface area contributed by atoms with Gasteiger partial charge in [-0.25, -0.2) is 13.1 Å². The third-order valence-electron chi connectivity index (χ3n) is 4.93. The van der Waals surface area contributed by atoms with E-state index < -0.39 is 10.0 Å². The molecule has 148 valence electrons. The maximum Gasteiger partial charge on any atom is 0.270 e. The van der Waals surface area contributed by atoms with E-state index in [1.165, 1.54) is 7.05 Å². The van der Waals surface area contributed by atoms with Gasteiger partial charge in [0.25, 0.3) is 5.91 Å². The molecule has 1 aliphatic heterocycles. The summed E-state index contributed by atoms with van der Waals surface area (Å²) in [7, 11) is -2.44. The Kier molecular flexibility index (Phi) is 4.69. The highest BCUT2D eigenvalue weighted by Gasteiger charge is 2.32. The number of fused-ring (bicyclic) bond motifs is 2. The third kappa shape index (κ3) is 3.09. The molecule has 1 aliphatic rings. The van der Waals surface area contributed by atoms with E-state index in [0.29, 0.717) is 30.2 Å². The van der Waals surface area contributed by atoms with Crippen molar-refractivity contribution in [1.82, 2.24) is 24.4 Å². The Morgan fingerprint density at radius 3 is 2.82 bits per heavy atom. The molecular formula is C18H21N5O4S. The maximum atomic E-state index is 13.0. The van der Waals surface area contributed by atoms with Crippen molar-refractivity contribution in [3.8, 4) is 0 Å². The van der Waals surface area contributed by atoms with Crippen LogP contribution in [0.15, 0.2) is 35.2 Å². The number of aromatic nitrogens is 3. The van der Waals surface area contributed by atoms with E-state index >= 15 is 0 Å². The Labute approximate surface area is 162 Å². The number of sulfonamides is 1. The van der Waals surface area contributed by atoms with Crippen LogP contribution < -0.4 is 4.72 Å². The van der Waals surface area contributed by atoms with E-state index in [0.717, 1.165) is 10.9 Å². The lowest BCUT2D eigenvalue weighted by Crippen LogP contribution is -2.39. The molecule has 0 saturated heterocycles. The summed E-state index contributed by atoms with van der Waals surface area (Å²) >= 11 is 0. The predicted octanol–water partition coefficient (Wildman–Crippen LogP) is 0.463. The Morgan fingerprint density at radius 1 is 1.32 bits per heavy atom. The Hall–Kier alpha value is -2.69. The molecule has 0 fully saturated rings. The molecule has 1 aromatic carbocycles. The van der Waals surface area contributed by atoms with Crippen molar-refractivity contribution in [2.75, 3.05) is 20.2 Å². The van der Waals surface area contributed by atoms with Crippen molar-refractivity contribution in [1.29, 1.82) is 0 Å². The van der Waals surface area contributed by atoms with Gasteiger partial charge in [-0.1, -0.05) is 18.2 Å². The van der Waals surface area contributed by atoms with E-state index in [4.69, 9.17) is 0 Å². The molecule has 3 N–H and O–H groups in total. The molecule has 0 saturated carbocycles. The molecule has 1 amide bonds. The van der Waals surface area contributed by atoms with Gasteiger partial charge in [0, 0.05) is 30.5 Å². The van der Waals surface area contributed by atoms with E-state index in [2.05, 4.69) is 14.8 Å². The van der Waals surface area contributed by atoms with E-state index in [9.17, 15) is 18.3 Å². The highest BCUT2D eigenvalue weighted by Crippen LogP contribution is 2.26. The number of nitrogens with zero attached hydrogens (tertiary/aromatic N) is 3. The second kappa shape index (κ2) is 7.04. The lowest BCUT2D eigenvalue weighted by atomic mass is 10.2. The summed E-state index contributed by atoms with van der Waals surface area (Å²) in [5, 5.41) is 14.6. The molecule has 0 atom stereocenters. The number of carbonyl (C=O) groups is 1. The monoisotopic (exact) mass is 403 g/mol. The first-order chi connectivity index (χ1) is 13.4. The van der Waals surface area contributed by atoms with Gasteiger partial charge < -0.3 is 15.0 Å². The minimum absolute atomic E-state index is 0.0539. The molecule has 4 rings (SSSR count). The van der Waals surface area contributed by atoms with Gasteiger partial charge in [0.2, 0.25) is 10.0 Å². The standard InChI is InChI=1S/C18H21N5O4S/c1-19-28(26,27)17-14(6-9-24)21-23-8-7-22(11-16(17)23)18(25)15-10-12-4-2-3-5-13(12)20-15/h2-5,10,19-20,24H,6-9,11H2,1H3. The summed E-state index contributed by atoms with van der Waals surface area (Å²) in [5.41, 5.74) is 2.10. The van der Waals surface area contributed by atoms with Gasteiger partial charge in [0.15, 0.2) is 0 Å². The second-order valence-corrected chi connectivity index (χ2v) is 8.45. The second-order valence-electron chi connectivity index (χ2n) is 6.62. The lowest BCUT2D eigenvalue weighted by molar-refractivity contribution is 0.0698. The van der Waals surface area contributed by atoms with Gasteiger partial charge in [-0.15, -0.1) is 0 Å². The van der Waals surface area contributed by atoms with Crippen LogP contribution in [0.25, 0.3) is 10.9 Å². The Morgan fingerprint density at radius 2 is 2.11 bits per heavy atom. The van der Waals surface area contributed by atoms with Gasteiger partial charge in [-0.05, 0) is 19.2 Å². The minimum Gasteiger partial charge on any atom is -0.396 e. The fraction of sp³-hybridized carbons (Fsp3) is 0.333. The van der Waals surface area contributed by atoms with Crippen molar-refractivity contribution >= 4 is 26.8 Å². The summed E-state index contributed by atoms with van der Waals surface area (Å²) < 4.78 is 29.0. The maximum absolute atomic E-state index is 13.0. The van der Waals surface area contributed by atoms with E-state index in [1.807, 2.05) is 24.3 Å². The molecule has 0 bridgehead atoms. The zero-order valence-corrected chi connectivity index (χ0v) is 16.2. The number of para-hydroxylation sites is 1. The molecule has 0 spiro atoms. The van der Waals surface area contributed by atoms with E-state index in [-0.39, 0.29) is 30.4 Å². The quantitative estimate of drug-likeness (QED) is 0.572. The van der Waals surface area contributed by atoms with Gasteiger partial charge >= 0.3 is 0 Å². The summed E-state index contributed by atoms with van der Waals surface area (Å²) in [5.74, 6) is -0.194. The van der Waals surface area contributed by atoms with Gasteiger partial charge in [0.1, 0.15) is 10.6 Å². The molecule has 0 radical (unpaired) electrons. The number of nitrogens with one attached hydrogen (secondary N) is 2. The molecule has 10 heteroatoms. The van der Waals surface area contributed by atoms with E-state index in [1.54, 1.807) is 15.6 Å². The molecule has 2 aromatic heterocycles. The summed E-state index contributed by atoms with van der Waals surface area (Å²) in [6.07, 6.45) is 0.131. The highest BCUT2D eigenvalue weighted by atomic mass is 32.2. The summed E-state index contributed by atoms with van der Waals surface area (Å²) in [4.78, 5) is 17.8. The van der Waals surface area contributed by atoms with Crippen molar-refractivity contribution in [3.63, 3.8) is 0 Å². The van der Waals surface area contributed by atoms with Crippen LogP contribution in [0.3, 0.4) is 0 Å². The molecule has 9 nitrogen and oxygen atoms in total. The molecule has 0 aliphatic carbocycles. The van der Waals surface area contributed by atoms with Crippen LogP contribution in [-0.2, 0) is 29.5 Å². The SMILES string of the molecule is CNS(=O)(=O)c1c(CCO)nn2c1CN(C(=O)c1cc3ccccc3[nH]1)CC2. The largest absolute Gasteiger partial charge is 0.396 e. The van der Waals surface area contributed by atoms with Crippen molar-refractivity contribution in [2.24, 2.45) is 0 Å². The average molecular weight is 403 g/mol. The number of hydrogen-bond donors (Lipinski definition) is 3. The van der Waals surface area contributed by atoms with Crippen molar-refractivity contribution in [3.05, 3.63) is 47.4 Å². The van der Waals surface area contributed by atoms with Crippen molar-refractivity contribution < 1.29 is 18.3 Å². The van der Waals surface area contributed by atoms with Gasteiger partial charge in [0.05, 0.1) is 24.5 Å². The van der Waals surface area contributed by atoms with Crippen LogP contribution in [-0.4, -0.2) is 59.3 Å². The third-order valence-corrected chi connectivity index (χ3v) is 6.48. The Bertz CT molecular complexity index is 1120. The van der Waals surface area contributed by atoms with Crippen LogP contribution in [0.1, 0.15) is 21.9 Å². The zero-order valence-electron chi connectivity index (χ0n) is 15.3. The molecule has 0 unspecified atom stereocenters. The number of rotatable bonds is 5. The number of carbonyl (C=O) groups excluding carboxylic acids is 1. The fourth-order valence-electron chi connectivity index (χ4n) is 3.56. The normalized spacial score (nSPS) is 14.4. The molecule has 28 heavy (non-hydrogen) atoms. The smallest absolute Gasteiger partial charge is 0.270 e. The van der Waals surface area contributed by atoms with Crippen molar-refractivity contribution in [2.45, 2.75) is 24.4 Å². The predicted molar refractivity (Wildman–Crippen MR) is 102 cm³/mol. The first kappa shape index (κ1) is 18.7. The van der Waals surface area contributed by atoms with Crippen LogP contribution in [0.4, 0.5) is 0 Å². The number of amides is 1. The first-order valence-electron chi connectivity index (χ1n) is 8.94. The average Bonchev–Trinajstić information content (AvgIpc) is 3.28. The molecule has 3 aromatic rings. The minimum atomic E-state index is -3.77. The molecular weight excluding hydrogens is 382 g/mol. The number of aromatic amines is 1. The molecule has 3 heterocycles. The number of aliphatic hydroxyl groups is 1. The number of benzene rings is 1. The fourth-order valence-corrected chi connectivity index (χ4v) is 4.70. The van der Waals surface area contributed by atoms with Crippen LogP contribution in [0.5, 0.6) is 0 Å². The zero-order chi connectivity index (χ0) is 19.9. The summed E-state index contributed by atoms with van der Waals surface area (Å²) in [6.45, 7) is 0.725. The van der Waals surface area contributed by atoms with Gasteiger partial charge in [-0.3, -0.25) is 9.48 Å². The number of hydrogen-bond acceptors (Lipinski definition) is 5. The van der Waals surface area contributed by atoms with Crippen LogP contribution in [0, 0.1) is 0 Å². The summed E-state index contributed by atoms with van der Waals surface area (Å²) in [6, 6.07) is 9.42. The van der Waals surface area contributed by atoms with Gasteiger partial charge in [-0.2, -0.15) is 5.10 Å². The first-order valence-corrected chi connectivity index (χ1v) is 10.4.